The number of hydrogen-bond donors (Lipinski definition) is 2. The largest absolute Gasteiger partial charge is 0.360 e. The van der Waals surface area contributed by atoms with E-state index in [2.05, 4.69) is 20.3 Å². The Labute approximate surface area is 82.1 Å². The van der Waals surface area contributed by atoms with E-state index in [1.165, 1.54) is 0 Å². The summed E-state index contributed by atoms with van der Waals surface area (Å²) in [5.74, 6) is 1.67. The van der Waals surface area contributed by atoms with Crippen LogP contribution in [0.1, 0.15) is 6.92 Å². The van der Waals surface area contributed by atoms with Gasteiger partial charge in [-0.2, -0.15) is 0 Å². The second-order valence-electron chi connectivity index (χ2n) is 3.04. The van der Waals surface area contributed by atoms with Gasteiger partial charge in [0, 0.05) is 13.2 Å². The molecular formula is C10H12N4. The first-order valence-corrected chi connectivity index (χ1v) is 4.44. The van der Waals surface area contributed by atoms with E-state index in [-0.39, 0.29) is 0 Å². The van der Waals surface area contributed by atoms with Gasteiger partial charge in [-0.3, -0.25) is 4.99 Å². The average molecular weight is 188 g/mol. The van der Waals surface area contributed by atoms with Crippen LogP contribution in [0.15, 0.2) is 29.4 Å². The zero-order valence-electron chi connectivity index (χ0n) is 8.20. The van der Waals surface area contributed by atoms with Crippen molar-refractivity contribution in [1.82, 2.24) is 9.97 Å². The van der Waals surface area contributed by atoms with Crippen LogP contribution >= 0.6 is 0 Å². The van der Waals surface area contributed by atoms with Crippen LogP contribution in [0.25, 0.3) is 11.0 Å². The Kier molecular flexibility index (Phi) is 2.18. The highest BCUT2D eigenvalue weighted by molar-refractivity contribution is 5.93. The van der Waals surface area contributed by atoms with Crippen LogP contribution in [0.4, 0.5) is 5.82 Å². The fourth-order valence-corrected chi connectivity index (χ4v) is 1.25. The van der Waals surface area contributed by atoms with Crippen molar-refractivity contribution < 1.29 is 0 Å². The zero-order valence-corrected chi connectivity index (χ0v) is 8.20. The molecule has 0 atom stereocenters. The van der Waals surface area contributed by atoms with E-state index < -0.39 is 0 Å². The summed E-state index contributed by atoms with van der Waals surface area (Å²) in [6.07, 6.45) is 1.88. The third-order valence-electron chi connectivity index (χ3n) is 2.05. The van der Waals surface area contributed by atoms with Crippen LogP contribution in [-0.2, 0) is 0 Å². The number of aromatic amines is 1. The Morgan fingerprint density at radius 2 is 2.29 bits per heavy atom. The number of amidine groups is 1. The number of hydrogen-bond acceptors (Lipinski definition) is 2. The Bertz CT molecular complexity index is 470. The summed E-state index contributed by atoms with van der Waals surface area (Å²) in [5.41, 5.74) is 2.00. The lowest BCUT2D eigenvalue weighted by Crippen LogP contribution is -2.07. The van der Waals surface area contributed by atoms with Crippen molar-refractivity contribution in [2.75, 3.05) is 12.4 Å². The SMILES string of the molecule is CN=C(C)Nc1ccc2[nH]ccc2n1. The molecular weight excluding hydrogens is 176 g/mol. The first-order chi connectivity index (χ1) is 6.79. The van der Waals surface area contributed by atoms with Gasteiger partial charge < -0.3 is 10.3 Å². The van der Waals surface area contributed by atoms with Crippen molar-refractivity contribution in [3.05, 3.63) is 24.4 Å². The van der Waals surface area contributed by atoms with Crippen LogP contribution < -0.4 is 5.32 Å². The first-order valence-electron chi connectivity index (χ1n) is 4.44. The third kappa shape index (κ3) is 1.59. The van der Waals surface area contributed by atoms with E-state index in [1.54, 1.807) is 7.05 Å². The maximum Gasteiger partial charge on any atom is 0.132 e. The standard InChI is InChI=1S/C10H12N4/c1-7(11-2)13-10-4-3-8-9(14-10)5-6-12-8/h3-6,12H,1-2H3,(H,11,13,14). The number of nitrogens with zero attached hydrogens (tertiary/aromatic N) is 2. The minimum atomic E-state index is 0.820. The van der Waals surface area contributed by atoms with E-state index in [4.69, 9.17) is 0 Å². The number of aliphatic imine (C=N–C) groups is 1. The lowest BCUT2D eigenvalue weighted by Gasteiger charge is -2.03. The highest BCUT2D eigenvalue weighted by atomic mass is 15.0. The summed E-state index contributed by atoms with van der Waals surface area (Å²) in [6.45, 7) is 1.91. The maximum atomic E-state index is 4.40. The molecule has 72 valence electrons. The molecule has 0 saturated heterocycles. The minimum Gasteiger partial charge on any atom is -0.360 e. The Balaban J connectivity index is 2.34. The highest BCUT2D eigenvalue weighted by Crippen LogP contribution is 2.12. The quantitative estimate of drug-likeness (QED) is 0.531. The van der Waals surface area contributed by atoms with Crippen LogP contribution in [0.3, 0.4) is 0 Å². The van der Waals surface area contributed by atoms with Crippen molar-refractivity contribution in [3.8, 4) is 0 Å². The zero-order chi connectivity index (χ0) is 9.97. The van der Waals surface area contributed by atoms with E-state index in [9.17, 15) is 0 Å². The lowest BCUT2D eigenvalue weighted by atomic mass is 10.4. The number of fused-ring (bicyclic) bond motifs is 1. The molecule has 0 aliphatic rings. The average Bonchev–Trinajstić information content (AvgIpc) is 2.64. The molecule has 0 unspecified atom stereocenters. The van der Waals surface area contributed by atoms with Crippen molar-refractivity contribution in [1.29, 1.82) is 0 Å². The molecule has 0 radical (unpaired) electrons. The Morgan fingerprint density at radius 3 is 3.07 bits per heavy atom. The predicted molar refractivity (Wildman–Crippen MR) is 58.7 cm³/mol. The maximum absolute atomic E-state index is 4.40. The van der Waals surface area contributed by atoms with Gasteiger partial charge in [-0.1, -0.05) is 0 Å². The van der Waals surface area contributed by atoms with E-state index in [1.807, 2.05) is 31.3 Å². The fraction of sp³-hybridized carbons (Fsp3) is 0.200. The minimum absolute atomic E-state index is 0.820. The molecule has 2 heterocycles. The van der Waals surface area contributed by atoms with E-state index in [0.29, 0.717) is 0 Å². The summed E-state index contributed by atoms with van der Waals surface area (Å²) in [4.78, 5) is 11.5. The number of aromatic nitrogens is 2. The second kappa shape index (κ2) is 3.49. The molecule has 0 aromatic carbocycles. The smallest absolute Gasteiger partial charge is 0.132 e. The molecule has 0 bridgehead atoms. The van der Waals surface area contributed by atoms with Crippen LogP contribution in [0.2, 0.25) is 0 Å². The molecule has 2 aromatic rings. The summed E-state index contributed by atoms with van der Waals surface area (Å²) in [7, 11) is 1.75. The molecule has 2 rings (SSSR count). The van der Waals surface area contributed by atoms with Crippen molar-refractivity contribution in [2.24, 2.45) is 4.99 Å². The van der Waals surface area contributed by atoms with Crippen LogP contribution in [0.5, 0.6) is 0 Å². The normalized spacial score (nSPS) is 12.0. The van der Waals surface area contributed by atoms with E-state index >= 15 is 0 Å². The van der Waals surface area contributed by atoms with Crippen LogP contribution in [-0.4, -0.2) is 22.9 Å². The molecule has 0 saturated carbocycles. The number of anilines is 1. The van der Waals surface area contributed by atoms with Crippen molar-refractivity contribution in [2.45, 2.75) is 6.92 Å². The third-order valence-corrected chi connectivity index (χ3v) is 2.05. The summed E-state index contributed by atoms with van der Waals surface area (Å²) >= 11 is 0. The molecule has 0 amide bonds. The predicted octanol–water partition coefficient (Wildman–Crippen LogP) is 2.02. The summed E-state index contributed by atoms with van der Waals surface area (Å²) in [5, 5.41) is 3.10. The van der Waals surface area contributed by atoms with Crippen LogP contribution in [0, 0.1) is 0 Å². The van der Waals surface area contributed by atoms with Gasteiger partial charge in [0.1, 0.15) is 5.82 Å². The molecule has 2 N–H and O–H groups in total. The monoisotopic (exact) mass is 188 g/mol. The van der Waals surface area contributed by atoms with Gasteiger partial charge in [0.15, 0.2) is 0 Å². The molecule has 0 aliphatic carbocycles. The van der Waals surface area contributed by atoms with Gasteiger partial charge in [-0.15, -0.1) is 0 Å². The second-order valence-corrected chi connectivity index (χ2v) is 3.04. The number of rotatable bonds is 1. The van der Waals surface area contributed by atoms with Gasteiger partial charge in [0.05, 0.1) is 16.9 Å². The highest BCUT2D eigenvalue weighted by Gasteiger charge is 1.98. The number of H-pyrrole nitrogens is 1. The summed E-state index contributed by atoms with van der Waals surface area (Å²) < 4.78 is 0. The molecule has 4 nitrogen and oxygen atoms in total. The Morgan fingerprint density at radius 1 is 1.43 bits per heavy atom. The fourth-order valence-electron chi connectivity index (χ4n) is 1.25. The topological polar surface area (TPSA) is 53.1 Å². The summed E-state index contributed by atoms with van der Waals surface area (Å²) in [6, 6.07) is 5.86. The van der Waals surface area contributed by atoms with Gasteiger partial charge in [-0.05, 0) is 25.1 Å². The molecule has 0 spiro atoms. The molecule has 0 fully saturated rings. The molecule has 0 aliphatic heterocycles. The van der Waals surface area contributed by atoms with Gasteiger partial charge in [0.25, 0.3) is 0 Å². The van der Waals surface area contributed by atoms with Gasteiger partial charge in [-0.25, -0.2) is 4.98 Å². The molecule has 14 heavy (non-hydrogen) atoms. The van der Waals surface area contributed by atoms with Crippen molar-refractivity contribution in [3.63, 3.8) is 0 Å². The van der Waals surface area contributed by atoms with Gasteiger partial charge >= 0.3 is 0 Å². The van der Waals surface area contributed by atoms with Gasteiger partial charge in [0.2, 0.25) is 0 Å². The molecule has 4 heteroatoms. The first kappa shape index (κ1) is 8.74. The Hall–Kier alpha value is -1.84. The van der Waals surface area contributed by atoms with Crippen molar-refractivity contribution >= 4 is 22.7 Å². The molecule has 2 aromatic heterocycles. The lowest BCUT2D eigenvalue weighted by molar-refractivity contribution is 1.35. The van der Waals surface area contributed by atoms with E-state index in [0.717, 1.165) is 22.7 Å². The number of pyridine rings is 1. The number of nitrogens with one attached hydrogen (secondary N) is 2.